The Morgan fingerprint density at radius 1 is 1.09 bits per heavy atom. The second kappa shape index (κ2) is 5.14. The third kappa shape index (κ3) is 2.62. The average molecular weight is 306 g/mol. The van der Waals surface area contributed by atoms with E-state index in [2.05, 4.69) is 20.2 Å². The van der Waals surface area contributed by atoms with Crippen molar-refractivity contribution in [1.82, 2.24) is 9.97 Å². The van der Waals surface area contributed by atoms with Gasteiger partial charge in [0.1, 0.15) is 0 Å². The lowest BCUT2D eigenvalue weighted by Gasteiger charge is -2.05. The molecule has 0 aliphatic rings. The van der Waals surface area contributed by atoms with Crippen LogP contribution in [0.4, 0.5) is 24.7 Å². The van der Waals surface area contributed by atoms with E-state index in [-0.39, 0.29) is 22.8 Å². The Bertz CT molecular complexity index is 840. The molecule has 0 unspecified atom stereocenters. The summed E-state index contributed by atoms with van der Waals surface area (Å²) < 4.78 is 38.3. The molecule has 0 saturated heterocycles. The summed E-state index contributed by atoms with van der Waals surface area (Å²) in [6, 6.07) is 8.04. The zero-order valence-corrected chi connectivity index (χ0v) is 11.0. The standard InChI is InChI=1S/C14H9F3N4O/c15-14(16,17)8-4-5-10-9(7-8)12(13(22)19-10)21-20-11-3-1-2-6-18-11/h1-7,19,22H. The number of rotatable bonds is 2. The number of nitrogens with one attached hydrogen (secondary N) is 1. The fourth-order valence-electron chi connectivity index (χ4n) is 1.96. The molecule has 2 N–H and O–H groups in total. The molecule has 0 fully saturated rings. The van der Waals surface area contributed by atoms with Crippen molar-refractivity contribution in [3.8, 4) is 5.88 Å². The van der Waals surface area contributed by atoms with Crippen molar-refractivity contribution >= 4 is 22.4 Å². The normalized spacial score (nSPS) is 12.3. The van der Waals surface area contributed by atoms with Gasteiger partial charge in [0, 0.05) is 11.6 Å². The monoisotopic (exact) mass is 306 g/mol. The minimum absolute atomic E-state index is 0.0632. The van der Waals surface area contributed by atoms with Crippen LogP contribution in [0, 0.1) is 0 Å². The smallest absolute Gasteiger partial charge is 0.416 e. The van der Waals surface area contributed by atoms with E-state index in [1.807, 2.05) is 0 Å². The molecule has 8 heteroatoms. The number of alkyl halides is 3. The molecular formula is C14H9F3N4O. The number of fused-ring (bicyclic) bond motifs is 1. The first kappa shape index (κ1) is 14.1. The van der Waals surface area contributed by atoms with Gasteiger partial charge in [0.15, 0.2) is 11.5 Å². The molecule has 2 aromatic heterocycles. The van der Waals surface area contributed by atoms with Gasteiger partial charge < -0.3 is 10.1 Å². The Morgan fingerprint density at radius 2 is 1.91 bits per heavy atom. The van der Waals surface area contributed by atoms with Gasteiger partial charge in [0.05, 0.1) is 11.1 Å². The van der Waals surface area contributed by atoms with Gasteiger partial charge in [-0.25, -0.2) is 4.98 Å². The van der Waals surface area contributed by atoms with Crippen molar-refractivity contribution in [3.63, 3.8) is 0 Å². The molecule has 0 radical (unpaired) electrons. The van der Waals surface area contributed by atoms with Crippen LogP contribution in [-0.2, 0) is 6.18 Å². The van der Waals surface area contributed by atoms with Crippen molar-refractivity contribution in [2.24, 2.45) is 10.2 Å². The second-order valence-corrected chi connectivity index (χ2v) is 4.47. The van der Waals surface area contributed by atoms with E-state index in [0.29, 0.717) is 5.52 Å². The van der Waals surface area contributed by atoms with Gasteiger partial charge in [0.25, 0.3) is 0 Å². The lowest BCUT2D eigenvalue weighted by atomic mass is 10.1. The van der Waals surface area contributed by atoms with Crippen molar-refractivity contribution in [3.05, 3.63) is 48.2 Å². The summed E-state index contributed by atoms with van der Waals surface area (Å²) in [7, 11) is 0. The Morgan fingerprint density at radius 3 is 2.59 bits per heavy atom. The molecule has 0 aliphatic heterocycles. The maximum absolute atomic E-state index is 12.8. The molecule has 0 atom stereocenters. The Labute approximate surface area is 122 Å². The van der Waals surface area contributed by atoms with Gasteiger partial charge in [-0.3, -0.25) is 0 Å². The van der Waals surface area contributed by atoms with Crippen molar-refractivity contribution in [2.75, 3.05) is 0 Å². The summed E-state index contributed by atoms with van der Waals surface area (Å²) in [4.78, 5) is 6.47. The number of H-pyrrole nitrogens is 1. The number of aromatic hydroxyl groups is 1. The Hall–Kier alpha value is -2.90. The van der Waals surface area contributed by atoms with Crippen molar-refractivity contribution in [2.45, 2.75) is 6.18 Å². The summed E-state index contributed by atoms with van der Waals surface area (Å²) in [6.07, 6.45) is -2.97. The molecule has 0 bridgehead atoms. The van der Waals surface area contributed by atoms with Gasteiger partial charge in [-0.05, 0) is 30.3 Å². The largest absolute Gasteiger partial charge is 0.493 e. The summed E-state index contributed by atoms with van der Waals surface area (Å²) in [6.45, 7) is 0. The molecule has 0 saturated carbocycles. The number of pyridine rings is 1. The van der Waals surface area contributed by atoms with Crippen LogP contribution < -0.4 is 0 Å². The fraction of sp³-hybridized carbons (Fsp3) is 0.0714. The second-order valence-electron chi connectivity index (χ2n) is 4.47. The number of hydrogen-bond acceptors (Lipinski definition) is 4. The fourth-order valence-corrected chi connectivity index (χ4v) is 1.96. The molecular weight excluding hydrogens is 297 g/mol. The predicted octanol–water partition coefficient (Wildman–Crippen LogP) is 4.70. The zero-order valence-electron chi connectivity index (χ0n) is 11.0. The van der Waals surface area contributed by atoms with Crippen LogP contribution in [0.1, 0.15) is 5.56 Å². The first-order valence-corrected chi connectivity index (χ1v) is 6.20. The number of aromatic amines is 1. The van der Waals surface area contributed by atoms with E-state index in [4.69, 9.17) is 0 Å². The van der Waals surface area contributed by atoms with E-state index < -0.39 is 11.7 Å². The third-order valence-electron chi connectivity index (χ3n) is 2.98. The molecule has 2 heterocycles. The molecule has 0 aliphatic carbocycles. The minimum atomic E-state index is -4.48. The van der Waals surface area contributed by atoms with Gasteiger partial charge in [0.2, 0.25) is 5.88 Å². The van der Waals surface area contributed by atoms with Crippen LogP contribution in [0.5, 0.6) is 5.88 Å². The van der Waals surface area contributed by atoms with E-state index in [9.17, 15) is 18.3 Å². The van der Waals surface area contributed by atoms with Gasteiger partial charge >= 0.3 is 6.18 Å². The van der Waals surface area contributed by atoms with Crippen LogP contribution in [-0.4, -0.2) is 15.1 Å². The maximum Gasteiger partial charge on any atom is 0.416 e. The van der Waals surface area contributed by atoms with Gasteiger partial charge in [-0.15, -0.1) is 10.2 Å². The van der Waals surface area contributed by atoms with Gasteiger partial charge in [-0.1, -0.05) is 6.07 Å². The van der Waals surface area contributed by atoms with Gasteiger partial charge in [-0.2, -0.15) is 13.2 Å². The van der Waals surface area contributed by atoms with Crippen LogP contribution in [0.15, 0.2) is 52.8 Å². The molecule has 0 spiro atoms. The van der Waals surface area contributed by atoms with E-state index in [1.54, 1.807) is 18.2 Å². The molecule has 1 aromatic carbocycles. The maximum atomic E-state index is 12.8. The quantitative estimate of drug-likeness (QED) is 0.673. The highest BCUT2D eigenvalue weighted by atomic mass is 19.4. The summed E-state index contributed by atoms with van der Waals surface area (Å²) in [5.41, 5.74) is -0.555. The van der Waals surface area contributed by atoms with E-state index >= 15 is 0 Å². The lowest BCUT2D eigenvalue weighted by Crippen LogP contribution is -2.03. The average Bonchev–Trinajstić information content (AvgIpc) is 2.80. The first-order valence-electron chi connectivity index (χ1n) is 6.20. The Balaban J connectivity index is 2.08. The Kier molecular flexibility index (Phi) is 3.28. The lowest BCUT2D eigenvalue weighted by molar-refractivity contribution is -0.137. The minimum Gasteiger partial charge on any atom is -0.493 e. The van der Waals surface area contributed by atoms with Crippen LogP contribution in [0.3, 0.4) is 0 Å². The SMILES string of the molecule is Oc1[nH]c2ccc(C(F)(F)F)cc2c1N=Nc1ccccn1. The number of aromatic nitrogens is 2. The number of benzene rings is 1. The van der Waals surface area contributed by atoms with Crippen molar-refractivity contribution in [1.29, 1.82) is 0 Å². The number of nitrogens with zero attached hydrogens (tertiary/aromatic N) is 3. The predicted molar refractivity (Wildman–Crippen MR) is 73.4 cm³/mol. The topological polar surface area (TPSA) is 73.6 Å². The third-order valence-corrected chi connectivity index (χ3v) is 2.98. The molecule has 3 aromatic rings. The summed E-state index contributed by atoms with van der Waals surface area (Å²) in [5, 5.41) is 17.5. The van der Waals surface area contributed by atoms with Crippen LogP contribution >= 0.6 is 0 Å². The molecule has 112 valence electrons. The van der Waals surface area contributed by atoms with E-state index in [0.717, 1.165) is 12.1 Å². The molecule has 0 amide bonds. The van der Waals surface area contributed by atoms with E-state index in [1.165, 1.54) is 12.3 Å². The number of halogens is 3. The summed E-state index contributed by atoms with van der Waals surface area (Å²) >= 11 is 0. The highest BCUT2D eigenvalue weighted by molar-refractivity contribution is 5.94. The molecule has 3 rings (SSSR count). The van der Waals surface area contributed by atoms with Crippen LogP contribution in [0.2, 0.25) is 0 Å². The highest BCUT2D eigenvalue weighted by Crippen LogP contribution is 2.39. The highest BCUT2D eigenvalue weighted by Gasteiger charge is 2.31. The van der Waals surface area contributed by atoms with Crippen molar-refractivity contribution < 1.29 is 18.3 Å². The molecule has 22 heavy (non-hydrogen) atoms. The molecule has 5 nitrogen and oxygen atoms in total. The zero-order chi connectivity index (χ0) is 15.7. The first-order chi connectivity index (χ1) is 10.4. The summed E-state index contributed by atoms with van der Waals surface area (Å²) in [5.74, 6) is -0.0720. The number of azo groups is 1. The number of hydrogen-bond donors (Lipinski definition) is 2. The van der Waals surface area contributed by atoms with Crippen LogP contribution in [0.25, 0.3) is 10.9 Å².